The van der Waals surface area contributed by atoms with E-state index in [-0.39, 0.29) is 5.41 Å². The molecule has 18 heavy (non-hydrogen) atoms. The number of unbranched alkanes of at least 4 members (excludes halogenated alkanes) is 3. The summed E-state index contributed by atoms with van der Waals surface area (Å²) in [5, 5.41) is 8.69. The second kappa shape index (κ2) is 7.85. The maximum atomic E-state index is 8.69. The van der Waals surface area contributed by atoms with Gasteiger partial charge in [0.2, 0.25) is 0 Å². The molecule has 0 saturated heterocycles. The number of aliphatic hydroxyl groups is 1. The summed E-state index contributed by atoms with van der Waals surface area (Å²) in [5.41, 5.74) is 1.64. The molecule has 102 valence electrons. The van der Waals surface area contributed by atoms with Crippen molar-refractivity contribution in [1.29, 1.82) is 0 Å². The van der Waals surface area contributed by atoms with E-state index in [0.29, 0.717) is 6.61 Å². The van der Waals surface area contributed by atoms with Gasteiger partial charge in [0.15, 0.2) is 0 Å². The van der Waals surface area contributed by atoms with E-state index in [1.54, 1.807) is 0 Å². The molecule has 0 atom stereocenters. The Kier molecular flexibility index (Phi) is 6.80. The van der Waals surface area contributed by atoms with Crippen LogP contribution >= 0.6 is 11.8 Å². The molecule has 1 nitrogen and oxygen atoms in total. The fourth-order valence-corrected chi connectivity index (χ4v) is 2.72. The number of aliphatic hydroxyl groups excluding tert-OH is 1. The fourth-order valence-electron chi connectivity index (χ4n) is 1.81. The van der Waals surface area contributed by atoms with Gasteiger partial charge >= 0.3 is 0 Å². The summed E-state index contributed by atoms with van der Waals surface area (Å²) in [4.78, 5) is 1.37. The number of rotatable bonds is 7. The third-order valence-electron chi connectivity index (χ3n) is 3.04. The van der Waals surface area contributed by atoms with Crippen molar-refractivity contribution in [2.75, 3.05) is 12.4 Å². The molecule has 0 fully saturated rings. The molecule has 1 aromatic carbocycles. The summed E-state index contributed by atoms with van der Waals surface area (Å²) in [6.07, 6.45) is 4.57. The average molecular weight is 266 g/mol. The minimum Gasteiger partial charge on any atom is -0.396 e. The predicted molar refractivity (Wildman–Crippen MR) is 81.4 cm³/mol. The van der Waals surface area contributed by atoms with Gasteiger partial charge < -0.3 is 5.11 Å². The molecular weight excluding hydrogens is 240 g/mol. The Morgan fingerprint density at radius 2 is 1.56 bits per heavy atom. The van der Waals surface area contributed by atoms with Crippen molar-refractivity contribution in [2.24, 2.45) is 0 Å². The molecule has 1 N–H and O–H groups in total. The van der Waals surface area contributed by atoms with Gasteiger partial charge in [-0.2, -0.15) is 0 Å². The van der Waals surface area contributed by atoms with Crippen LogP contribution in [0.2, 0.25) is 0 Å². The Hall–Kier alpha value is -0.470. The van der Waals surface area contributed by atoms with Gasteiger partial charge in [0.25, 0.3) is 0 Å². The third kappa shape index (κ3) is 5.92. The monoisotopic (exact) mass is 266 g/mol. The molecule has 0 aromatic heterocycles. The standard InChI is InChI=1S/C16H26OS/c1-16(2,3)14-8-10-15(11-9-14)18-13-7-5-4-6-12-17/h8-11,17H,4-7,12-13H2,1-3H3. The van der Waals surface area contributed by atoms with Crippen LogP contribution in [-0.2, 0) is 5.41 Å². The lowest BCUT2D eigenvalue weighted by Gasteiger charge is -2.19. The smallest absolute Gasteiger partial charge is 0.0431 e. The molecule has 0 aliphatic heterocycles. The van der Waals surface area contributed by atoms with E-state index in [2.05, 4.69) is 45.0 Å². The summed E-state index contributed by atoms with van der Waals surface area (Å²) < 4.78 is 0. The highest BCUT2D eigenvalue weighted by molar-refractivity contribution is 7.99. The van der Waals surface area contributed by atoms with E-state index >= 15 is 0 Å². The largest absolute Gasteiger partial charge is 0.396 e. The van der Waals surface area contributed by atoms with Crippen LogP contribution in [0, 0.1) is 0 Å². The van der Waals surface area contributed by atoms with E-state index in [0.717, 1.165) is 12.8 Å². The minimum atomic E-state index is 0.244. The molecule has 2 heteroatoms. The lowest BCUT2D eigenvalue weighted by Crippen LogP contribution is -2.10. The van der Waals surface area contributed by atoms with Crippen LogP contribution in [0.4, 0.5) is 0 Å². The fraction of sp³-hybridized carbons (Fsp3) is 0.625. The van der Waals surface area contributed by atoms with Crippen molar-refractivity contribution in [3.63, 3.8) is 0 Å². The molecule has 0 amide bonds. The second-order valence-corrected chi connectivity index (χ2v) is 6.93. The molecular formula is C16H26OS. The number of benzene rings is 1. The Balaban J connectivity index is 2.27. The first kappa shape index (κ1) is 15.6. The van der Waals surface area contributed by atoms with E-state index in [4.69, 9.17) is 5.11 Å². The van der Waals surface area contributed by atoms with Crippen molar-refractivity contribution in [3.8, 4) is 0 Å². The molecule has 0 radical (unpaired) electrons. The highest BCUT2D eigenvalue weighted by Crippen LogP contribution is 2.26. The Bertz CT molecular complexity index is 324. The summed E-state index contributed by atoms with van der Waals surface area (Å²) in [6.45, 7) is 7.07. The summed E-state index contributed by atoms with van der Waals surface area (Å²) in [7, 11) is 0. The highest BCUT2D eigenvalue weighted by atomic mass is 32.2. The molecule has 0 aliphatic carbocycles. The zero-order valence-electron chi connectivity index (χ0n) is 11.9. The third-order valence-corrected chi connectivity index (χ3v) is 4.14. The van der Waals surface area contributed by atoms with Crippen molar-refractivity contribution in [2.45, 2.75) is 56.8 Å². The first-order chi connectivity index (χ1) is 8.54. The first-order valence-electron chi connectivity index (χ1n) is 6.88. The van der Waals surface area contributed by atoms with Gasteiger partial charge in [0.05, 0.1) is 0 Å². The zero-order chi connectivity index (χ0) is 13.4. The Morgan fingerprint density at radius 1 is 0.944 bits per heavy atom. The van der Waals surface area contributed by atoms with Crippen LogP contribution in [0.25, 0.3) is 0 Å². The normalized spacial score (nSPS) is 11.8. The van der Waals surface area contributed by atoms with Crippen molar-refractivity contribution in [1.82, 2.24) is 0 Å². The van der Waals surface area contributed by atoms with Gasteiger partial charge in [0, 0.05) is 11.5 Å². The molecule has 0 heterocycles. The van der Waals surface area contributed by atoms with Gasteiger partial charge in [-0.1, -0.05) is 45.7 Å². The number of hydrogen-bond donors (Lipinski definition) is 1. The quantitative estimate of drug-likeness (QED) is 0.573. The van der Waals surface area contributed by atoms with Crippen LogP contribution in [-0.4, -0.2) is 17.5 Å². The molecule has 0 spiro atoms. The van der Waals surface area contributed by atoms with E-state index in [1.165, 1.54) is 29.1 Å². The number of thioether (sulfide) groups is 1. The second-order valence-electron chi connectivity index (χ2n) is 5.76. The zero-order valence-corrected chi connectivity index (χ0v) is 12.7. The van der Waals surface area contributed by atoms with E-state index in [1.807, 2.05) is 11.8 Å². The SMILES string of the molecule is CC(C)(C)c1ccc(SCCCCCCO)cc1. The van der Waals surface area contributed by atoms with Gasteiger partial charge in [-0.3, -0.25) is 0 Å². The maximum absolute atomic E-state index is 8.69. The van der Waals surface area contributed by atoms with Crippen LogP contribution < -0.4 is 0 Å². The molecule has 1 rings (SSSR count). The molecule has 0 saturated carbocycles. The lowest BCUT2D eigenvalue weighted by atomic mass is 9.87. The lowest BCUT2D eigenvalue weighted by molar-refractivity contribution is 0.283. The predicted octanol–water partition coefficient (Wildman–Crippen LogP) is 4.63. The Morgan fingerprint density at radius 3 is 2.11 bits per heavy atom. The van der Waals surface area contributed by atoms with Crippen LogP contribution in [0.1, 0.15) is 52.0 Å². The van der Waals surface area contributed by atoms with Crippen LogP contribution in [0.5, 0.6) is 0 Å². The van der Waals surface area contributed by atoms with Gasteiger partial charge in [-0.15, -0.1) is 11.8 Å². The van der Waals surface area contributed by atoms with Gasteiger partial charge in [0.1, 0.15) is 0 Å². The van der Waals surface area contributed by atoms with Crippen LogP contribution in [0.3, 0.4) is 0 Å². The summed E-state index contributed by atoms with van der Waals surface area (Å²) in [6, 6.07) is 8.96. The van der Waals surface area contributed by atoms with Crippen LogP contribution in [0.15, 0.2) is 29.2 Å². The minimum absolute atomic E-state index is 0.244. The molecule has 0 bridgehead atoms. The van der Waals surface area contributed by atoms with E-state index < -0.39 is 0 Å². The van der Waals surface area contributed by atoms with Crippen molar-refractivity contribution < 1.29 is 5.11 Å². The van der Waals surface area contributed by atoms with Gasteiger partial charge in [-0.05, 0) is 41.7 Å². The van der Waals surface area contributed by atoms with E-state index in [9.17, 15) is 0 Å². The average Bonchev–Trinajstić information content (AvgIpc) is 2.33. The summed E-state index contributed by atoms with van der Waals surface area (Å²) >= 11 is 1.94. The molecule has 1 aromatic rings. The number of hydrogen-bond acceptors (Lipinski definition) is 2. The van der Waals surface area contributed by atoms with Gasteiger partial charge in [-0.25, -0.2) is 0 Å². The topological polar surface area (TPSA) is 20.2 Å². The Labute approximate surface area is 116 Å². The maximum Gasteiger partial charge on any atom is 0.0431 e. The molecule has 0 aliphatic rings. The van der Waals surface area contributed by atoms with Crippen molar-refractivity contribution in [3.05, 3.63) is 29.8 Å². The summed E-state index contributed by atoms with van der Waals surface area (Å²) in [5.74, 6) is 1.18. The van der Waals surface area contributed by atoms with Crippen molar-refractivity contribution >= 4 is 11.8 Å². The first-order valence-corrected chi connectivity index (χ1v) is 7.87. The molecule has 0 unspecified atom stereocenters. The highest BCUT2D eigenvalue weighted by Gasteiger charge is 2.12.